The van der Waals surface area contributed by atoms with Crippen molar-refractivity contribution in [2.24, 2.45) is 0 Å². The second-order valence-corrected chi connectivity index (χ2v) is 4.63. The zero-order valence-corrected chi connectivity index (χ0v) is 11.2. The molecule has 0 fully saturated rings. The Morgan fingerprint density at radius 2 is 2.17 bits per heavy atom. The molecule has 2 aromatic rings. The number of benzene rings is 1. The maximum absolute atomic E-state index is 11.8. The van der Waals surface area contributed by atoms with Gasteiger partial charge in [-0.1, -0.05) is 6.07 Å². The smallest absolute Gasteiger partial charge is 0.337 e. The molecule has 0 bridgehead atoms. The van der Waals surface area contributed by atoms with E-state index in [2.05, 4.69) is 30.0 Å². The fraction of sp³-hybridized carbons (Fsp3) is 0. The zero-order valence-electron chi connectivity index (χ0n) is 8.75. The van der Waals surface area contributed by atoms with Gasteiger partial charge >= 0.3 is 5.97 Å². The lowest BCUT2D eigenvalue weighted by molar-refractivity contribution is 0.0698. The van der Waals surface area contributed by atoms with Crippen LogP contribution in [0.3, 0.4) is 0 Å². The normalized spacial score (nSPS) is 10.1. The fourth-order valence-corrected chi connectivity index (χ4v) is 2.15. The highest BCUT2D eigenvalue weighted by molar-refractivity contribution is 9.10. The number of aromatic nitrogens is 2. The third-order valence-electron chi connectivity index (χ3n) is 2.08. The number of carboxylic acids is 1. The van der Waals surface area contributed by atoms with E-state index in [9.17, 15) is 9.59 Å². The first-order valence-corrected chi connectivity index (χ1v) is 6.22. The molecule has 0 saturated heterocycles. The van der Waals surface area contributed by atoms with E-state index >= 15 is 0 Å². The summed E-state index contributed by atoms with van der Waals surface area (Å²) in [4.78, 5) is 22.8. The molecule has 1 amide bonds. The molecule has 0 aliphatic carbocycles. The molecule has 0 aliphatic rings. The van der Waals surface area contributed by atoms with Crippen LogP contribution in [0.4, 0.5) is 5.69 Å². The Morgan fingerprint density at radius 1 is 1.39 bits per heavy atom. The van der Waals surface area contributed by atoms with Gasteiger partial charge in [0.05, 0.1) is 29.2 Å². The second kappa shape index (κ2) is 5.23. The van der Waals surface area contributed by atoms with E-state index in [1.807, 2.05) is 0 Å². The first-order chi connectivity index (χ1) is 8.59. The highest BCUT2D eigenvalue weighted by Gasteiger charge is 2.17. The van der Waals surface area contributed by atoms with Gasteiger partial charge in [-0.25, -0.2) is 4.79 Å². The summed E-state index contributed by atoms with van der Waals surface area (Å²) in [5.74, 6) is -1.62. The van der Waals surface area contributed by atoms with Crippen LogP contribution in [-0.4, -0.2) is 25.7 Å². The molecule has 8 heteroatoms. The lowest BCUT2D eigenvalue weighted by atomic mass is 10.2. The van der Waals surface area contributed by atoms with E-state index in [-0.39, 0.29) is 16.9 Å². The lowest BCUT2D eigenvalue weighted by Crippen LogP contribution is -2.15. The van der Waals surface area contributed by atoms with Gasteiger partial charge in [-0.3, -0.25) is 4.79 Å². The van der Waals surface area contributed by atoms with Gasteiger partial charge in [0.15, 0.2) is 5.69 Å². The molecule has 0 aliphatic heterocycles. The predicted octanol–water partition coefficient (Wildman–Crippen LogP) is 2.25. The minimum absolute atomic E-state index is 0.000846. The number of carbonyl (C=O) groups excluding carboxylic acids is 1. The Morgan fingerprint density at radius 3 is 2.78 bits per heavy atom. The minimum Gasteiger partial charge on any atom is -0.478 e. The van der Waals surface area contributed by atoms with E-state index in [4.69, 9.17) is 5.11 Å². The molecule has 0 unspecified atom stereocenters. The van der Waals surface area contributed by atoms with Gasteiger partial charge in [-0.2, -0.15) is 8.75 Å². The summed E-state index contributed by atoms with van der Waals surface area (Å²) < 4.78 is 7.96. The number of rotatable bonds is 3. The monoisotopic (exact) mass is 327 g/mol. The van der Waals surface area contributed by atoms with Crippen molar-refractivity contribution in [2.75, 3.05) is 5.32 Å². The molecule has 0 atom stereocenters. The SMILES string of the molecule is O=C(Nc1c(Br)cccc1C(=O)O)c1cnsn1. The highest BCUT2D eigenvalue weighted by atomic mass is 79.9. The zero-order chi connectivity index (χ0) is 13.1. The first kappa shape index (κ1) is 12.7. The fourth-order valence-electron chi connectivity index (χ4n) is 1.27. The summed E-state index contributed by atoms with van der Waals surface area (Å²) in [5.41, 5.74) is 0.344. The lowest BCUT2D eigenvalue weighted by Gasteiger charge is -2.09. The van der Waals surface area contributed by atoms with E-state index < -0.39 is 11.9 Å². The molecular formula is C10H6BrN3O3S. The number of nitrogens with zero attached hydrogens (tertiary/aromatic N) is 2. The number of hydrogen-bond donors (Lipinski definition) is 2. The van der Waals surface area contributed by atoms with E-state index in [0.717, 1.165) is 11.7 Å². The Bertz CT molecular complexity index is 600. The van der Waals surface area contributed by atoms with Crippen molar-refractivity contribution in [3.63, 3.8) is 0 Å². The van der Waals surface area contributed by atoms with Crippen molar-refractivity contribution in [2.45, 2.75) is 0 Å². The second-order valence-electron chi connectivity index (χ2n) is 3.21. The van der Waals surface area contributed by atoms with Crippen LogP contribution in [0.5, 0.6) is 0 Å². The van der Waals surface area contributed by atoms with Crippen molar-refractivity contribution in [3.8, 4) is 0 Å². The molecule has 2 rings (SSSR count). The average Bonchev–Trinajstić information content (AvgIpc) is 2.85. The molecule has 1 aromatic carbocycles. The van der Waals surface area contributed by atoms with Gasteiger partial charge < -0.3 is 10.4 Å². The number of para-hydroxylation sites is 1. The summed E-state index contributed by atoms with van der Waals surface area (Å²) in [6.45, 7) is 0. The number of hydrogen-bond acceptors (Lipinski definition) is 5. The number of halogens is 1. The summed E-state index contributed by atoms with van der Waals surface area (Å²) in [5, 5.41) is 11.5. The van der Waals surface area contributed by atoms with E-state index in [1.165, 1.54) is 12.3 Å². The van der Waals surface area contributed by atoms with Crippen molar-refractivity contribution >= 4 is 45.2 Å². The van der Waals surface area contributed by atoms with Crippen molar-refractivity contribution in [1.82, 2.24) is 8.75 Å². The van der Waals surface area contributed by atoms with Crippen molar-refractivity contribution in [3.05, 3.63) is 40.1 Å². The highest BCUT2D eigenvalue weighted by Crippen LogP contribution is 2.26. The Balaban J connectivity index is 2.34. The number of anilines is 1. The molecule has 92 valence electrons. The summed E-state index contributed by atoms with van der Waals surface area (Å²) in [6, 6.07) is 4.62. The van der Waals surface area contributed by atoms with Crippen LogP contribution >= 0.6 is 27.7 Å². The maximum atomic E-state index is 11.8. The third kappa shape index (κ3) is 2.54. The Labute approximate surface area is 114 Å². The molecule has 18 heavy (non-hydrogen) atoms. The van der Waals surface area contributed by atoms with Gasteiger partial charge in [-0.05, 0) is 28.1 Å². The van der Waals surface area contributed by atoms with Crippen LogP contribution in [0.25, 0.3) is 0 Å². The largest absolute Gasteiger partial charge is 0.478 e. The number of amides is 1. The topological polar surface area (TPSA) is 92.2 Å². The van der Waals surface area contributed by atoms with Crippen LogP contribution < -0.4 is 5.32 Å². The quantitative estimate of drug-likeness (QED) is 0.901. The number of carboxylic acid groups (broad SMARTS) is 1. The molecule has 0 saturated carbocycles. The molecule has 6 nitrogen and oxygen atoms in total. The molecule has 0 spiro atoms. The molecule has 0 radical (unpaired) electrons. The van der Waals surface area contributed by atoms with Gasteiger partial charge in [-0.15, -0.1) is 0 Å². The summed E-state index contributed by atoms with van der Waals surface area (Å²) in [7, 11) is 0. The van der Waals surface area contributed by atoms with Gasteiger partial charge in [0, 0.05) is 4.47 Å². The van der Waals surface area contributed by atoms with Gasteiger partial charge in [0.1, 0.15) is 0 Å². The standard InChI is InChI=1S/C10H6BrN3O3S/c11-6-3-1-2-5(10(16)17)8(6)13-9(15)7-4-12-18-14-7/h1-4H,(H,13,15)(H,16,17). The Kier molecular flexibility index (Phi) is 3.68. The molecular weight excluding hydrogens is 322 g/mol. The number of aromatic carboxylic acids is 1. The van der Waals surface area contributed by atoms with E-state index in [0.29, 0.717) is 4.47 Å². The van der Waals surface area contributed by atoms with Gasteiger partial charge in [0.25, 0.3) is 5.91 Å². The number of nitrogens with one attached hydrogen (secondary N) is 1. The number of carbonyl (C=O) groups is 2. The maximum Gasteiger partial charge on any atom is 0.337 e. The molecule has 1 heterocycles. The van der Waals surface area contributed by atoms with Crippen LogP contribution in [0.15, 0.2) is 28.9 Å². The average molecular weight is 328 g/mol. The van der Waals surface area contributed by atoms with Crippen molar-refractivity contribution in [1.29, 1.82) is 0 Å². The minimum atomic E-state index is -1.12. The van der Waals surface area contributed by atoms with Gasteiger partial charge in [0.2, 0.25) is 0 Å². The van der Waals surface area contributed by atoms with Crippen LogP contribution in [0.2, 0.25) is 0 Å². The van der Waals surface area contributed by atoms with Crippen molar-refractivity contribution < 1.29 is 14.7 Å². The first-order valence-electron chi connectivity index (χ1n) is 4.70. The molecule has 2 N–H and O–H groups in total. The van der Waals surface area contributed by atoms with Crippen LogP contribution in [-0.2, 0) is 0 Å². The third-order valence-corrected chi connectivity index (χ3v) is 3.22. The summed E-state index contributed by atoms with van der Waals surface area (Å²) >= 11 is 4.10. The molecule has 1 aromatic heterocycles. The summed E-state index contributed by atoms with van der Waals surface area (Å²) in [6.07, 6.45) is 1.32. The Hall–Kier alpha value is -1.80. The van der Waals surface area contributed by atoms with E-state index in [1.54, 1.807) is 12.1 Å². The predicted molar refractivity (Wildman–Crippen MR) is 69.0 cm³/mol. The van der Waals surface area contributed by atoms with Crippen LogP contribution in [0, 0.1) is 0 Å². The van der Waals surface area contributed by atoms with Crippen LogP contribution in [0.1, 0.15) is 20.8 Å².